The highest BCUT2D eigenvalue weighted by Crippen LogP contribution is 2.40. The zero-order chi connectivity index (χ0) is 14.0. The number of phenolic OH excluding ortho intramolecular Hbond substituents is 2. The first-order valence-electron chi connectivity index (χ1n) is 6.37. The van der Waals surface area contributed by atoms with Crippen LogP contribution in [0.25, 0.3) is 0 Å². The topological polar surface area (TPSA) is 101 Å². The fourth-order valence-corrected chi connectivity index (χ4v) is 3.84. The predicted molar refractivity (Wildman–Crippen MR) is 72.4 cm³/mol. The van der Waals surface area contributed by atoms with Crippen molar-refractivity contribution in [3.05, 3.63) is 23.8 Å². The molecular formula is C13H19NO4S. The molecule has 0 amide bonds. The molecule has 0 bridgehead atoms. The van der Waals surface area contributed by atoms with Crippen LogP contribution in [0.4, 0.5) is 0 Å². The number of rotatable bonds is 3. The van der Waals surface area contributed by atoms with Gasteiger partial charge in [0.1, 0.15) is 11.5 Å². The minimum Gasteiger partial charge on any atom is -0.508 e. The van der Waals surface area contributed by atoms with E-state index in [-0.39, 0.29) is 29.1 Å². The van der Waals surface area contributed by atoms with Crippen molar-refractivity contribution in [3.63, 3.8) is 0 Å². The second-order valence-electron chi connectivity index (χ2n) is 5.29. The first kappa shape index (κ1) is 14.1. The molecule has 0 saturated heterocycles. The number of hydrogen-bond acceptors (Lipinski definition) is 4. The number of hydrogen-bond donors (Lipinski definition) is 3. The van der Waals surface area contributed by atoms with Crippen LogP contribution in [0.2, 0.25) is 0 Å². The van der Waals surface area contributed by atoms with E-state index in [1.807, 2.05) is 0 Å². The second kappa shape index (κ2) is 5.38. The smallest absolute Gasteiger partial charge is 0.209 e. The molecule has 1 fully saturated rings. The maximum Gasteiger partial charge on any atom is 0.209 e. The number of aromatic hydroxyl groups is 2. The first-order valence-corrected chi connectivity index (χ1v) is 8.09. The summed E-state index contributed by atoms with van der Waals surface area (Å²) in [6.07, 6.45) is 3.25. The minimum atomic E-state index is -3.40. The van der Waals surface area contributed by atoms with E-state index in [4.69, 9.17) is 5.14 Å². The Labute approximate surface area is 113 Å². The van der Waals surface area contributed by atoms with Crippen LogP contribution in [0.3, 0.4) is 0 Å². The number of benzene rings is 1. The molecule has 0 unspecified atom stereocenters. The van der Waals surface area contributed by atoms with Gasteiger partial charge in [-0.2, -0.15) is 0 Å². The Morgan fingerprint density at radius 3 is 2.32 bits per heavy atom. The molecule has 1 aliphatic rings. The van der Waals surface area contributed by atoms with Crippen molar-refractivity contribution < 1.29 is 18.6 Å². The fraction of sp³-hybridized carbons (Fsp3) is 0.538. The Balaban J connectivity index is 2.00. The third-order valence-electron chi connectivity index (χ3n) is 3.77. The quantitative estimate of drug-likeness (QED) is 0.786. The van der Waals surface area contributed by atoms with Gasteiger partial charge in [-0.05, 0) is 49.1 Å². The van der Waals surface area contributed by atoms with Crippen LogP contribution in [-0.4, -0.2) is 24.4 Å². The third kappa shape index (κ3) is 3.84. The van der Waals surface area contributed by atoms with Crippen LogP contribution in [0, 0.1) is 5.92 Å². The normalized spacial score (nSPS) is 24.3. The van der Waals surface area contributed by atoms with Crippen LogP contribution in [0.15, 0.2) is 18.2 Å². The van der Waals surface area contributed by atoms with Gasteiger partial charge in [0, 0.05) is 6.07 Å². The van der Waals surface area contributed by atoms with Crippen LogP contribution >= 0.6 is 0 Å². The molecule has 0 aliphatic heterocycles. The van der Waals surface area contributed by atoms with Crippen molar-refractivity contribution in [1.29, 1.82) is 0 Å². The van der Waals surface area contributed by atoms with Crippen molar-refractivity contribution in [2.75, 3.05) is 5.75 Å². The summed E-state index contributed by atoms with van der Waals surface area (Å²) >= 11 is 0. The van der Waals surface area contributed by atoms with Gasteiger partial charge in [0.25, 0.3) is 0 Å². The predicted octanol–water partition coefficient (Wildman–Crippen LogP) is 1.66. The largest absolute Gasteiger partial charge is 0.508 e. The summed E-state index contributed by atoms with van der Waals surface area (Å²) < 4.78 is 22.1. The van der Waals surface area contributed by atoms with E-state index >= 15 is 0 Å². The van der Waals surface area contributed by atoms with E-state index in [1.54, 1.807) is 12.1 Å². The lowest BCUT2D eigenvalue weighted by Gasteiger charge is -2.28. The van der Waals surface area contributed by atoms with Gasteiger partial charge in [-0.15, -0.1) is 0 Å². The SMILES string of the molecule is NS(=O)(=O)CC1CCC(c2ccc(O)cc2O)CC1. The molecule has 1 aromatic rings. The van der Waals surface area contributed by atoms with Gasteiger partial charge in [-0.1, -0.05) is 6.07 Å². The molecule has 0 atom stereocenters. The molecule has 0 spiro atoms. The van der Waals surface area contributed by atoms with Crippen molar-refractivity contribution >= 4 is 10.0 Å². The summed E-state index contributed by atoms with van der Waals surface area (Å²) in [5.74, 6) is 0.531. The average Bonchev–Trinajstić information content (AvgIpc) is 2.28. The van der Waals surface area contributed by atoms with Gasteiger partial charge in [-0.25, -0.2) is 13.6 Å². The third-order valence-corrected chi connectivity index (χ3v) is 4.70. The van der Waals surface area contributed by atoms with Gasteiger partial charge < -0.3 is 10.2 Å². The van der Waals surface area contributed by atoms with E-state index in [0.29, 0.717) is 0 Å². The molecule has 0 aromatic heterocycles. The molecule has 0 radical (unpaired) electrons. The summed E-state index contributed by atoms with van der Waals surface area (Å²) in [5.41, 5.74) is 0.826. The van der Waals surface area contributed by atoms with Crippen molar-refractivity contribution in [1.82, 2.24) is 0 Å². The number of sulfonamides is 1. The molecule has 2 rings (SSSR count). The van der Waals surface area contributed by atoms with Crippen LogP contribution in [0.1, 0.15) is 37.2 Å². The van der Waals surface area contributed by atoms with Gasteiger partial charge in [-0.3, -0.25) is 0 Å². The molecule has 1 saturated carbocycles. The lowest BCUT2D eigenvalue weighted by molar-refractivity contribution is 0.340. The van der Waals surface area contributed by atoms with Gasteiger partial charge >= 0.3 is 0 Å². The lowest BCUT2D eigenvalue weighted by atomic mass is 9.79. The zero-order valence-electron chi connectivity index (χ0n) is 10.6. The molecule has 0 heterocycles. The summed E-state index contributed by atoms with van der Waals surface area (Å²) in [6.45, 7) is 0. The van der Waals surface area contributed by atoms with Crippen molar-refractivity contribution in [3.8, 4) is 11.5 Å². The fourth-order valence-electron chi connectivity index (χ4n) is 2.85. The van der Waals surface area contributed by atoms with Gasteiger partial charge in [0.2, 0.25) is 10.0 Å². The van der Waals surface area contributed by atoms with Crippen LogP contribution in [0.5, 0.6) is 11.5 Å². The Bertz CT molecular complexity index is 548. The average molecular weight is 285 g/mol. The van der Waals surface area contributed by atoms with E-state index in [0.717, 1.165) is 31.2 Å². The highest BCUT2D eigenvalue weighted by molar-refractivity contribution is 7.89. The summed E-state index contributed by atoms with van der Waals surface area (Å²) in [6, 6.07) is 4.63. The summed E-state index contributed by atoms with van der Waals surface area (Å²) in [7, 11) is -3.40. The van der Waals surface area contributed by atoms with Crippen LogP contribution < -0.4 is 5.14 Å². The number of phenols is 2. The molecule has 6 heteroatoms. The van der Waals surface area contributed by atoms with E-state index in [1.165, 1.54) is 6.07 Å². The Hall–Kier alpha value is -1.27. The maximum absolute atomic E-state index is 11.1. The molecule has 1 aromatic carbocycles. The molecule has 5 nitrogen and oxygen atoms in total. The number of primary sulfonamides is 1. The Morgan fingerprint density at radius 1 is 1.16 bits per heavy atom. The number of nitrogens with two attached hydrogens (primary N) is 1. The second-order valence-corrected chi connectivity index (χ2v) is 6.95. The Morgan fingerprint density at radius 2 is 1.79 bits per heavy atom. The molecule has 4 N–H and O–H groups in total. The molecule has 19 heavy (non-hydrogen) atoms. The van der Waals surface area contributed by atoms with Crippen molar-refractivity contribution in [2.24, 2.45) is 11.1 Å². The highest BCUT2D eigenvalue weighted by atomic mass is 32.2. The van der Waals surface area contributed by atoms with Gasteiger partial charge in [0.15, 0.2) is 0 Å². The lowest BCUT2D eigenvalue weighted by Crippen LogP contribution is -2.26. The maximum atomic E-state index is 11.1. The first-order chi connectivity index (χ1) is 8.85. The molecule has 106 valence electrons. The van der Waals surface area contributed by atoms with E-state index < -0.39 is 10.0 Å². The summed E-state index contributed by atoms with van der Waals surface area (Å²) in [4.78, 5) is 0. The standard InChI is InChI=1S/C13H19NO4S/c14-19(17,18)8-9-1-3-10(4-2-9)12-6-5-11(15)7-13(12)16/h5-7,9-10,15-16H,1-4,8H2,(H2,14,17,18). The Kier molecular flexibility index (Phi) is 4.01. The van der Waals surface area contributed by atoms with E-state index in [9.17, 15) is 18.6 Å². The zero-order valence-corrected chi connectivity index (χ0v) is 11.4. The van der Waals surface area contributed by atoms with Crippen molar-refractivity contribution in [2.45, 2.75) is 31.6 Å². The molecular weight excluding hydrogens is 266 g/mol. The molecule has 1 aliphatic carbocycles. The van der Waals surface area contributed by atoms with Crippen LogP contribution in [-0.2, 0) is 10.0 Å². The minimum absolute atomic E-state index is 0.0429. The van der Waals surface area contributed by atoms with Gasteiger partial charge in [0.05, 0.1) is 5.75 Å². The highest BCUT2D eigenvalue weighted by Gasteiger charge is 2.26. The summed E-state index contributed by atoms with van der Waals surface area (Å²) in [5, 5.41) is 24.1. The van der Waals surface area contributed by atoms with E-state index in [2.05, 4.69) is 0 Å². The monoisotopic (exact) mass is 285 g/mol.